The van der Waals surface area contributed by atoms with Crippen molar-refractivity contribution in [1.29, 1.82) is 16.1 Å². The average Bonchev–Trinajstić information content (AvgIpc) is 4.14. The number of aromatic amines is 1. The van der Waals surface area contributed by atoms with Gasteiger partial charge in [-0.3, -0.25) is 5.41 Å². The number of nitriles is 1. The number of aryl methyl sites for hydroxylation is 4. The van der Waals surface area contributed by atoms with E-state index in [4.69, 9.17) is 48.5 Å². The Bertz CT molecular complexity index is 2870. The molecule has 0 amide bonds. The van der Waals surface area contributed by atoms with Crippen molar-refractivity contribution in [2.45, 2.75) is 0 Å². The minimum Gasteiger partial charge on any atom is -0.390 e. The molecule has 9 aromatic heterocycles. The van der Waals surface area contributed by atoms with Crippen LogP contribution in [0.4, 0.5) is 0 Å². The Morgan fingerprint density at radius 2 is 1.17 bits per heavy atom. The first kappa shape index (κ1) is 44.9. The number of pyridine rings is 4. The Balaban J connectivity index is 0.000000169. The molecule has 0 unspecified atom stereocenters. The lowest BCUT2D eigenvalue weighted by atomic mass is 10.2. The summed E-state index contributed by atoms with van der Waals surface area (Å²) in [7, 11) is 7.20. The van der Waals surface area contributed by atoms with Gasteiger partial charge in [-0.1, -0.05) is 0 Å². The van der Waals surface area contributed by atoms with Crippen LogP contribution < -0.4 is 11.6 Å². The standard InChI is InChI=1S/C10H9N5.C9H10N4O.C8H9N5.C8H6N4.C2H3ClO.H3NO/c1-15-10-7(3-2-4-13-10)8(14-15)9-11-5-6-12-9;1-13-9-6(3-2-4-11-9)8(12-13)7(10)5-14;1-13-8-5(3-2-4-11-8)6(12-13)7(9)10;1-12-8-6(3-2-4-10-8)7(5-9)11-12;3-1-2-4;1-2/h2-6H,1H3,(H,11,12);2-4,10,14H,5H2,1H3;2-4H,1H3,(H3,9,10);2-4H,1H3;2H,1H2;2H,1H2. The number of fused-ring (bicyclic) bond motifs is 4. The van der Waals surface area contributed by atoms with Crippen LogP contribution >= 0.6 is 11.6 Å². The third-order valence-corrected chi connectivity index (χ3v) is 8.11. The van der Waals surface area contributed by atoms with E-state index in [1.807, 2.05) is 43.4 Å². The fourth-order valence-electron chi connectivity index (χ4n) is 5.51. The number of nitrogens with two attached hydrogens (primary N) is 2. The maximum absolute atomic E-state index is 9.04. The number of carbonyl (C=O) groups excluding carboxylic acids is 1. The molecule has 60 heavy (non-hydrogen) atoms. The largest absolute Gasteiger partial charge is 0.390 e. The summed E-state index contributed by atoms with van der Waals surface area (Å²) >= 11 is 4.82. The van der Waals surface area contributed by atoms with Gasteiger partial charge in [0.25, 0.3) is 0 Å². The van der Waals surface area contributed by atoms with E-state index < -0.39 is 0 Å². The molecule has 0 saturated carbocycles. The number of alkyl halides is 1. The summed E-state index contributed by atoms with van der Waals surface area (Å²) in [6.07, 6.45) is 10.9. The van der Waals surface area contributed by atoms with E-state index in [0.29, 0.717) is 23.4 Å². The lowest BCUT2D eigenvalue weighted by Gasteiger charge is -1.93. The molecule has 0 saturated heterocycles. The van der Waals surface area contributed by atoms with Gasteiger partial charge in [-0.2, -0.15) is 25.7 Å². The van der Waals surface area contributed by atoms with Gasteiger partial charge in [-0.25, -0.2) is 49.5 Å². The van der Waals surface area contributed by atoms with Crippen LogP contribution in [0.5, 0.6) is 0 Å². The van der Waals surface area contributed by atoms with Gasteiger partial charge in [-0.05, 0) is 48.5 Å². The molecule has 0 aliphatic heterocycles. The van der Waals surface area contributed by atoms with Crippen LogP contribution in [0.2, 0.25) is 0 Å². The van der Waals surface area contributed by atoms with E-state index >= 15 is 0 Å². The van der Waals surface area contributed by atoms with E-state index in [0.717, 1.165) is 55.7 Å². The molecule has 0 bridgehead atoms. The number of rotatable bonds is 5. The van der Waals surface area contributed by atoms with Crippen LogP contribution in [0.3, 0.4) is 0 Å². The number of aliphatic hydroxyl groups excluding tert-OH is 1. The molecule has 9 N–H and O–H groups in total. The van der Waals surface area contributed by atoms with Crippen molar-refractivity contribution in [2.75, 3.05) is 12.5 Å². The number of nitrogen functional groups attached to an aromatic ring is 1. The molecule has 9 heterocycles. The summed E-state index contributed by atoms with van der Waals surface area (Å²) in [5.74, 6) is 4.35. The molecule has 0 aliphatic rings. The fourth-order valence-corrected chi connectivity index (χ4v) is 5.51. The van der Waals surface area contributed by atoms with Gasteiger partial charge < -0.3 is 31.2 Å². The Labute approximate surface area is 345 Å². The number of imidazole rings is 1. The summed E-state index contributed by atoms with van der Waals surface area (Å²) < 4.78 is 6.59. The number of hydrogen-bond acceptors (Lipinski definition) is 16. The van der Waals surface area contributed by atoms with Gasteiger partial charge in [0.05, 0.1) is 34.4 Å². The molecule has 23 heteroatoms. The molecule has 0 radical (unpaired) electrons. The zero-order chi connectivity index (χ0) is 43.8. The molecule has 22 nitrogen and oxygen atoms in total. The highest BCUT2D eigenvalue weighted by molar-refractivity contribution is 6.24. The highest BCUT2D eigenvalue weighted by Gasteiger charge is 2.14. The number of halogens is 1. The maximum atomic E-state index is 9.04. The zero-order valence-electron chi connectivity index (χ0n) is 32.7. The second kappa shape index (κ2) is 21.6. The number of aromatic nitrogens is 14. The predicted octanol–water partition coefficient (Wildman–Crippen LogP) is 2.54. The molecule has 0 aromatic carbocycles. The van der Waals surface area contributed by atoms with Crippen LogP contribution in [0, 0.1) is 22.1 Å². The van der Waals surface area contributed by atoms with Gasteiger partial charge >= 0.3 is 0 Å². The molecule has 9 aromatic rings. The Morgan fingerprint density at radius 3 is 1.63 bits per heavy atom. The Kier molecular flexibility index (Phi) is 16.2. The molecular formula is C37H40ClN19O3. The Morgan fingerprint density at radius 1 is 0.733 bits per heavy atom. The minimum absolute atomic E-state index is 0.0291. The monoisotopic (exact) mass is 833 g/mol. The lowest BCUT2D eigenvalue weighted by Crippen LogP contribution is -2.12. The number of hydrogen-bond donors (Lipinski definition) is 7. The van der Waals surface area contributed by atoms with E-state index in [1.165, 1.54) is 0 Å². The third-order valence-electron chi connectivity index (χ3n) is 7.98. The first-order chi connectivity index (χ1) is 29.0. The van der Waals surface area contributed by atoms with Crippen molar-refractivity contribution in [3.05, 3.63) is 103 Å². The molecule has 308 valence electrons. The van der Waals surface area contributed by atoms with Crippen molar-refractivity contribution >= 4 is 73.6 Å². The van der Waals surface area contributed by atoms with E-state index in [2.05, 4.69) is 56.2 Å². The van der Waals surface area contributed by atoms with Crippen molar-refractivity contribution in [3.63, 3.8) is 0 Å². The number of amidine groups is 1. The summed E-state index contributed by atoms with van der Waals surface area (Å²) in [6.45, 7) is -0.305. The third kappa shape index (κ3) is 10.4. The van der Waals surface area contributed by atoms with Gasteiger partial charge in [0, 0.05) is 70.8 Å². The smallest absolute Gasteiger partial charge is 0.171 e. The average molecular weight is 834 g/mol. The summed E-state index contributed by atoms with van der Waals surface area (Å²) in [6, 6.07) is 16.8. The van der Waals surface area contributed by atoms with Gasteiger partial charge in [-0.15, -0.1) is 11.6 Å². The van der Waals surface area contributed by atoms with Gasteiger partial charge in [0.15, 0.2) is 34.1 Å². The van der Waals surface area contributed by atoms with E-state index in [-0.39, 0.29) is 24.0 Å². The van der Waals surface area contributed by atoms with Gasteiger partial charge in [0.2, 0.25) is 0 Å². The highest BCUT2D eigenvalue weighted by Crippen LogP contribution is 2.23. The SMILES string of the molecule is Cn1nc(-c2ncc[nH]2)c2cccnc21.Cn1nc(C#N)c2cccnc21.Cn1nc(C(=N)CO)c2cccnc21.Cn1nc(C(=N)N)c2cccnc21.NO.O=CCCl. The van der Waals surface area contributed by atoms with Crippen LogP contribution in [-0.2, 0) is 33.0 Å². The van der Waals surface area contributed by atoms with Gasteiger partial charge in [0.1, 0.15) is 35.3 Å². The number of H-pyrrole nitrogens is 1. The minimum atomic E-state index is -0.305. The Hall–Kier alpha value is -7.84. The van der Waals surface area contributed by atoms with E-state index in [9.17, 15) is 0 Å². The molecule has 0 atom stereocenters. The summed E-state index contributed by atoms with van der Waals surface area (Å²) in [5, 5.41) is 58.9. The van der Waals surface area contributed by atoms with Crippen LogP contribution in [0.15, 0.2) is 85.7 Å². The van der Waals surface area contributed by atoms with Crippen molar-refractivity contribution < 1.29 is 15.1 Å². The maximum Gasteiger partial charge on any atom is 0.171 e. The molecule has 0 fully saturated rings. The molecular weight excluding hydrogens is 794 g/mol. The summed E-state index contributed by atoms with van der Waals surface area (Å²) in [5.41, 5.74) is 10.8. The lowest BCUT2D eigenvalue weighted by molar-refractivity contribution is -0.105. The summed E-state index contributed by atoms with van der Waals surface area (Å²) in [4.78, 5) is 32.9. The number of nitrogens with zero attached hydrogens (tertiary/aromatic N) is 14. The van der Waals surface area contributed by atoms with Crippen LogP contribution in [0.1, 0.15) is 17.1 Å². The number of nitrogens with one attached hydrogen (secondary N) is 3. The first-order valence-corrected chi connectivity index (χ1v) is 17.9. The quantitative estimate of drug-likeness (QED) is 0.0431. The molecule has 0 spiro atoms. The fraction of sp³-hybridized carbons (Fsp3) is 0.162. The second-order valence-corrected chi connectivity index (χ2v) is 12.1. The normalized spacial score (nSPS) is 10.1. The number of aldehydes is 1. The zero-order valence-corrected chi connectivity index (χ0v) is 33.4. The van der Waals surface area contributed by atoms with Crippen molar-refractivity contribution in [1.82, 2.24) is 69.0 Å². The first-order valence-electron chi connectivity index (χ1n) is 17.3. The molecule has 0 aliphatic carbocycles. The van der Waals surface area contributed by atoms with Crippen LogP contribution in [-0.4, -0.2) is 110 Å². The van der Waals surface area contributed by atoms with Crippen LogP contribution in [0.25, 0.3) is 55.7 Å². The van der Waals surface area contributed by atoms with Crippen molar-refractivity contribution in [2.24, 2.45) is 39.8 Å². The van der Waals surface area contributed by atoms with E-state index in [1.54, 1.807) is 95.3 Å². The van der Waals surface area contributed by atoms with Crippen molar-refractivity contribution in [3.8, 4) is 17.6 Å². The topological polar surface area (TPSA) is 333 Å². The number of carbonyl (C=O) groups is 1. The second-order valence-electron chi connectivity index (χ2n) is 11.8. The molecule has 9 rings (SSSR count). The number of aliphatic hydroxyl groups is 1. The predicted molar refractivity (Wildman–Crippen MR) is 224 cm³/mol. The highest BCUT2D eigenvalue weighted by atomic mass is 35.5.